The Kier molecular flexibility index (Phi) is 3.50. The monoisotopic (exact) mass is 268 g/mol. The highest BCUT2D eigenvalue weighted by atomic mass is 35.5. The predicted octanol–water partition coefficient (Wildman–Crippen LogP) is 3.37. The van der Waals surface area contributed by atoms with Crippen LogP contribution < -0.4 is 5.32 Å². The first kappa shape index (κ1) is 12.1. The molecule has 0 saturated carbocycles. The Labute approximate surface area is 109 Å². The van der Waals surface area contributed by atoms with Gasteiger partial charge < -0.3 is 5.32 Å². The summed E-state index contributed by atoms with van der Waals surface area (Å²) in [6, 6.07) is 5.44. The molecule has 88 valence electrons. The highest BCUT2D eigenvalue weighted by molar-refractivity contribution is 6.36. The molecule has 0 atom stereocenters. The van der Waals surface area contributed by atoms with Gasteiger partial charge in [-0.05, 0) is 30.7 Å². The number of carbonyl (C=O) groups excluding carboxylic acids is 1. The van der Waals surface area contributed by atoms with E-state index in [0.717, 1.165) is 16.5 Å². The fourth-order valence-electron chi connectivity index (χ4n) is 1.68. The van der Waals surface area contributed by atoms with Gasteiger partial charge in [-0.15, -0.1) is 11.6 Å². The van der Waals surface area contributed by atoms with E-state index >= 15 is 0 Å². The van der Waals surface area contributed by atoms with Crippen molar-refractivity contribution in [1.29, 1.82) is 0 Å². The molecule has 17 heavy (non-hydrogen) atoms. The van der Waals surface area contributed by atoms with Crippen molar-refractivity contribution in [2.75, 3.05) is 11.2 Å². The number of halogens is 2. The molecule has 1 heterocycles. The van der Waals surface area contributed by atoms with Crippen molar-refractivity contribution in [1.82, 2.24) is 4.98 Å². The second kappa shape index (κ2) is 4.90. The first-order valence-corrected chi connectivity index (χ1v) is 5.94. The summed E-state index contributed by atoms with van der Waals surface area (Å²) in [5, 5.41) is 3.99. The third kappa shape index (κ3) is 2.35. The molecule has 0 aliphatic carbocycles. The second-order valence-corrected chi connectivity index (χ2v) is 4.31. The summed E-state index contributed by atoms with van der Waals surface area (Å²) in [6.07, 6.45) is 1.70. The molecule has 5 heteroatoms. The zero-order valence-electron chi connectivity index (χ0n) is 9.13. The number of amides is 1. The minimum atomic E-state index is -0.289. The molecule has 0 fully saturated rings. The van der Waals surface area contributed by atoms with E-state index in [1.807, 2.05) is 13.0 Å². The minimum Gasteiger partial charge on any atom is -0.323 e. The summed E-state index contributed by atoms with van der Waals surface area (Å²) < 4.78 is 0. The van der Waals surface area contributed by atoms with Crippen molar-refractivity contribution in [2.45, 2.75) is 6.92 Å². The quantitative estimate of drug-likeness (QED) is 0.849. The molecule has 1 amide bonds. The lowest BCUT2D eigenvalue weighted by molar-refractivity contribution is -0.113. The van der Waals surface area contributed by atoms with Crippen LogP contribution in [0.5, 0.6) is 0 Å². The van der Waals surface area contributed by atoms with Gasteiger partial charge in [-0.3, -0.25) is 9.78 Å². The molecule has 0 saturated heterocycles. The number of hydrogen-bond donors (Lipinski definition) is 1. The number of nitrogens with zero attached hydrogens (tertiary/aromatic N) is 1. The van der Waals surface area contributed by atoms with Crippen LogP contribution in [0, 0.1) is 6.92 Å². The topological polar surface area (TPSA) is 42.0 Å². The maximum atomic E-state index is 11.3. The van der Waals surface area contributed by atoms with E-state index in [1.165, 1.54) is 0 Å². The standard InChI is InChI=1S/C12H10Cl2N2O/c1-7-5-9(14)12(16-10(17)6-13)8-3-2-4-15-11(7)8/h2-5H,6H2,1H3,(H,16,17). The summed E-state index contributed by atoms with van der Waals surface area (Å²) in [5.41, 5.74) is 2.35. The molecule has 0 radical (unpaired) electrons. The number of carbonyl (C=O) groups is 1. The van der Waals surface area contributed by atoms with Crippen LogP contribution >= 0.6 is 23.2 Å². The zero-order chi connectivity index (χ0) is 12.4. The van der Waals surface area contributed by atoms with Gasteiger partial charge in [0.2, 0.25) is 5.91 Å². The molecule has 0 unspecified atom stereocenters. The van der Waals surface area contributed by atoms with Crippen molar-refractivity contribution >= 4 is 45.7 Å². The zero-order valence-corrected chi connectivity index (χ0v) is 10.6. The lowest BCUT2D eigenvalue weighted by atomic mass is 10.1. The van der Waals surface area contributed by atoms with Crippen LogP contribution in [0.15, 0.2) is 24.4 Å². The van der Waals surface area contributed by atoms with E-state index in [9.17, 15) is 4.79 Å². The molecular weight excluding hydrogens is 259 g/mol. The average Bonchev–Trinajstić information content (AvgIpc) is 2.34. The number of aromatic nitrogens is 1. The van der Waals surface area contributed by atoms with Gasteiger partial charge in [0.25, 0.3) is 0 Å². The molecule has 0 spiro atoms. The SMILES string of the molecule is Cc1cc(Cl)c(NC(=O)CCl)c2cccnc12. The van der Waals surface area contributed by atoms with Gasteiger partial charge >= 0.3 is 0 Å². The number of rotatable bonds is 2. The lowest BCUT2D eigenvalue weighted by Crippen LogP contribution is -2.13. The number of hydrogen-bond acceptors (Lipinski definition) is 2. The Balaban J connectivity index is 2.65. The predicted molar refractivity (Wildman–Crippen MR) is 70.8 cm³/mol. The molecule has 3 nitrogen and oxygen atoms in total. The van der Waals surface area contributed by atoms with Crippen molar-refractivity contribution in [3.8, 4) is 0 Å². The molecule has 1 N–H and O–H groups in total. The molecule has 1 aromatic carbocycles. The Bertz CT molecular complexity index is 584. The number of fused-ring (bicyclic) bond motifs is 1. The first-order valence-electron chi connectivity index (χ1n) is 5.03. The molecule has 2 aromatic rings. The third-order valence-corrected chi connectivity index (χ3v) is 2.96. The summed E-state index contributed by atoms with van der Waals surface area (Å²) in [6.45, 7) is 1.92. The Morgan fingerprint density at radius 3 is 3.00 bits per heavy atom. The number of anilines is 1. The summed E-state index contributed by atoms with van der Waals surface area (Å²) >= 11 is 11.6. The van der Waals surface area contributed by atoms with Crippen LogP contribution in [0.2, 0.25) is 5.02 Å². The molecule has 0 bridgehead atoms. The van der Waals surface area contributed by atoms with Gasteiger partial charge in [0, 0.05) is 11.6 Å². The number of benzene rings is 1. The fraction of sp³-hybridized carbons (Fsp3) is 0.167. The van der Waals surface area contributed by atoms with E-state index in [1.54, 1.807) is 18.3 Å². The number of pyridine rings is 1. The van der Waals surface area contributed by atoms with E-state index < -0.39 is 0 Å². The Hall–Kier alpha value is -1.32. The lowest BCUT2D eigenvalue weighted by Gasteiger charge is -2.11. The van der Waals surface area contributed by atoms with Gasteiger partial charge in [-0.2, -0.15) is 0 Å². The maximum Gasteiger partial charge on any atom is 0.239 e. The highest BCUT2D eigenvalue weighted by Gasteiger charge is 2.11. The summed E-state index contributed by atoms with van der Waals surface area (Å²) in [5.74, 6) is -0.394. The van der Waals surface area contributed by atoms with Crippen molar-refractivity contribution in [2.24, 2.45) is 0 Å². The van der Waals surface area contributed by atoms with E-state index in [-0.39, 0.29) is 11.8 Å². The van der Waals surface area contributed by atoms with Crippen molar-refractivity contribution in [3.63, 3.8) is 0 Å². The van der Waals surface area contributed by atoms with Gasteiger partial charge in [0.05, 0.1) is 16.2 Å². The van der Waals surface area contributed by atoms with Gasteiger partial charge in [-0.25, -0.2) is 0 Å². The van der Waals surface area contributed by atoms with Crippen LogP contribution in [0.1, 0.15) is 5.56 Å². The van der Waals surface area contributed by atoms with E-state index in [0.29, 0.717) is 10.7 Å². The van der Waals surface area contributed by atoms with Gasteiger partial charge in [0.1, 0.15) is 5.88 Å². The minimum absolute atomic E-state index is 0.105. The fourth-order valence-corrected chi connectivity index (χ4v) is 2.06. The molecule has 1 aromatic heterocycles. The molecule has 2 rings (SSSR count). The van der Waals surface area contributed by atoms with Crippen LogP contribution in [-0.2, 0) is 4.79 Å². The maximum absolute atomic E-state index is 11.3. The van der Waals surface area contributed by atoms with Crippen LogP contribution in [-0.4, -0.2) is 16.8 Å². The van der Waals surface area contributed by atoms with Crippen molar-refractivity contribution < 1.29 is 4.79 Å². The smallest absolute Gasteiger partial charge is 0.239 e. The summed E-state index contributed by atoms with van der Waals surface area (Å²) in [7, 11) is 0. The normalized spacial score (nSPS) is 10.5. The van der Waals surface area contributed by atoms with E-state index in [2.05, 4.69) is 10.3 Å². The number of nitrogens with one attached hydrogen (secondary N) is 1. The van der Waals surface area contributed by atoms with Crippen LogP contribution in [0.25, 0.3) is 10.9 Å². The largest absolute Gasteiger partial charge is 0.323 e. The van der Waals surface area contributed by atoms with Crippen LogP contribution in [0.4, 0.5) is 5.69 Å². The van der Waals surface area contributed by atoms with E-state index in [4.69, 9.17) is 23.2 Å². The summed E-state index contributed by atoms with van der Waals surface area (Å²) in [4.78, 5) is 15.6. The number of alkyl halides is 1. The number of aryl methyl sites for hydroxylation is 1. The molecule has 0 aliphatic rings. The first-order chi connectivity index (χ1) is 8.13. The Morgan fingerprint density at radius 2 is 2.29 bits per heavy atom. The van der Waals surface area contributed by atoms with Gasteiger partial charge in [0.15, 0.2) is 0 Å². The average molecular weight is 269 g/mol. The second-order valence-electron chi connectivity index (χ2n) is 3.63. The van der Waals surface area contributed by atoms with Crippen molar-refractivity contribution in [3.05, 3.63) is 35.0 Å². The highest BCUT2D eigenvalue weighted by Crippen LogP contribution is 2.32. The Morgan fingerprint density at radius 1 is 1.53 bits per heavy atom. The molecule has 0 aliphatic heterocycles. The van der Waals surface area contributed by atoms with Crippen LogP contribution in [0.3, 0.4) is 0 Å². The molecular formula is C12H10Cl2N2O. The van der Waals surface area contributed by atoms with Gasteiger partial charge in [-0.1, -0.05) is 11.6 Å². The third-order valence-electron chi connectivity index (χ3n) is 2.42.